The Morgan fingerprint density at radius 3 is 2.59 bits per heavy atom. The third-order valence-electron chi connectivity index (χ3n) is 4.18. The summed E-state index contributed by atoms with van der Waals surface area (Å²) in [6, 6.07) is 14.8. The standard InChI is InChI=1S/C20H20ClNO4S/c1-2-3-9-19(23)26-20(27(24,25)16-7-5-4-6-8-16)18-13-14-12-15(21)10-11-17(14)22-18/h4-8,10-13,20,22H,2-3,9H2,1H3. The van der Waals surface area contributed by atoms with E-state index in [-0.39, 0.29) is 11.3 Å². The van der Waals surface area contributed by atoms with Gasteiger partial charge < -0.3 is 9.72 Å². The molecule has 0 aliphatic carbocycles. The normalized spacial score (nSPS) is 12.8. The minimum absolute atomic E-state index is 0.0926. The molecule has 0 spiro atoms. The number of nitrogens with one attached hydrogen (secondary N) is 1. The lowest BCUT2D eigenvalue weighted by Gasteiger charge is -2.17. The van der Waals surface area contributed by atoms with Crippen molar-refractivity contribution < 1.29 is 17.9 Å². The number of carbonyl (C=O) groups is 1. The highest BCUT2D eigenvalue weighted by Gasteiger charge is 2.34. The zero-order valence-electron chi connectivity index (χ0n) is 14.8. The maximum absolute atomic E-state index is 13.2. The number of ether oxygens (including phenoxy) is 1. The minimum Gasteiger partial charge on any atom is -0.439 e. The van der Waals surface area contributed by atoms with E-state index in [4.69, 9.17) is 16.3 Å². The molecule has 1 unspecified atom stereocenters. The van der Waals surface area contributed by atoms with Crippen LogP contribution in [0.5, 0.6) is 0 Å². The lowest BCUT2D eigenvalue weighted by atomic mass is 10.2. The van der Waals surface area contributed by atoms with Gasteiger partial charge in [0.1, 0.15) is 0 Å². The summed E-state index contributed by atoms with van der Waals surface area (Å²) in [6.07, 6.45) is 1.62. The van der Waals surface area contributed by atoms with Crippen LogP contribution in [0.1, 0.15) is 37.3 Å². The lowest BCUT2D eigenvalue weighted by molar-refractivity contribution is -0.146. The van der Waals surface area contributed by atoms with Gasteiger partial charge in [-0.1, -0.05) is 43.1 Å². The fraction of sp³-hybridized carbons (Fsp3) is 0.250. The average Bonchev–Trinajstić information content (AvgIpc) is 3.07. The molecule has 1 atom stereocenters. The summed E-state index contributed by atoms with van der Waals surface area (Å²) in [5.41, 5.74) is -0.441. The maximum Gasteiger partial charge on any atom is 0.307 e. The number of esters is 1. The minimum atomic E-state index is -3.94. The number of fused-ring (bicyclic) bond motifs is 1. The molecular formula is C20H20ClNO4S. The van der Waals surface area contributed by atoms with Gasteiger partial charge in [0.05, 0.1) is 10.6 Å². The molecule has 0 radical (unpaired) electrons. The van der Waals surface area contributed by atoms with Crippen LogP contribution in [0.4, 0.5) is 0 Å². The van der Waals surface area contributed by atoms with Crippen LogP contribution < -0.4 is 0 Å². The van der Waals surface area contributed by atoms with Crippen LogP contribution in [0.2, 0.25) is 5.02 Å². The molecular weight excluding hydrogens is 386 g/mol. The number of carbonyl (C=O) groups excluding carboxylic acids is 1. The Balaban J connectivity index is 2.04. The molecule has 0 bridgehead atoms. The van der Waals surface area contributed by atoms with Crippen molar-refractivity contribution in [2.24, 2.45) is 0 Å². The van der Waals surface area contributed by atoms with Crippen LogP contribution in [0, 0.1) is 0 Å². The van der Waals surface area contributed by atoms with Gasteiger partial charge in [-0.3, -0.25) is 4.79 Å². The van der Waals surface area contributed by atoms with Gasteiger partial charge in [0.25, 0.3) is 0 Å². The van der Waals surface area contributed by atoms with Crippen molar-refractivity contribution in [1.82, 2.24) is 4.98 Å². The first kappa shape index (κ1) is 19.5. The number of unbranched alkanes of at least 4 members (excludes halogenated alkanes) is 1. The molecule has 7 heteroatoms. The summed E-state index contributed by atoms with van der Waals surface area (Å²) in [7, 11) is -3.94. The number of hydrogen-bond acceptors (Lipinski definition) is 4. The van der Waals surface area contributed by atoms with Crippen LogP contribution in [-0.4, -0.2) is 19.4 Å². The molecule has 3 aromatic rings. The number of aromatic nitrogens is 1. The predicted molar refractivity (Wildman–Crippen MR) is 105 cm³/mol. The van der Waals surface area contributed by atoms with Crippen LogP contribution in [0.3, 0.4) is 0 Å². The first-order valence-corrected chi connectivity index (χ1v) is 10.6. The topological polar surface area (TPSA) is 76.2 Å². The molecule has 2 aromatic carbocycles. The van der Waals surface area contributed by atoms with Gasteiger partial charge in [-0.25, -0.2) is 8.42 Å². The highest BCUT2D eigenvalue weighted by atomic mass is 35.5. The third-order valence-corrected chi connectivity index (χ3v) is 6.26. The van der Waals surface area contributed by atoms with Crippen LogP contribution in [0.15, 0.2) is 59.5 Å². The van der Waals surface area contributed by atoms with E-state index in [1.807, 2.05) is 6.92 Å². The summed E-state index contributed by atoms with van der Waals surface area (Å²) >= 11 is 6.02. The van der Waals surface area contributed by atoms with Gasteiger partial charge in [-0.2, -0.15) is 0 Å². The summed E-state index contributed by atoms with van der Waals surface area (Å²) in [4.78, 5) is 15.3. The smallest absolute Gasteiger partial charge is 0.307 e. The summed E-state index contributed by atoms with van der Waals surface area (Å²) < 4.78 is 31.8. The summed E-state index contributed by atoms with van der Waals surface area (Å²) in [5.74, 6) is -0.543. The van der Waals surface area contributed by atoms with E-state index in [9.17, 15) is 13.2 Å². The van der Waals surface area contributed by atoms with E-state index in [0.717, 1.165) is 11.8 Å². The van der Waals surface area contributed by atoms with Crippen LogP contribution in [-0.2, 0) is 19.4 Å². The van der Waals surface area contributed by atoms with E-state index in [1.54, 1.807) is 42.5 Å². The molecule has 0 saturated carbocycles. The summed E-state index contributed by atoms with van der Waals surface area (Å²) in [5, 5.41) is 1.28. The molecule has 0 aliphatic rings. The van der Waals surface area contributed by atoms with Crippen LogP contribution in [0.25, 0.3) is 10.9 Å². The Labute approximate surface area is 163 Å². The molecule has 1 N–H and O–H groups in total. The monoisotopic (exact) mass is 405 g/mol. The Morgan fingerprint density at radius 1 is 1.15 bits per heavy atom. The SMILES string of the molecule is CCCCC(=O)OC(c1cc2cc(Cl)ccc2[nH]1)S(=O)(=O)c1ccccc1. The van der Waals surface area contributed by atoms with Gasteiger partial charge in [0.2, 0.25) is 15.3 Å². The largest absolute Gasteiger partial charge is 0.439 e. The van der Waals surface area contributed by atoms with Gasteiger partial charge in [-0.05, 0) is 42.8 Å². The van der Waals surface area contributed by atoms with Gasteiger partial charge >= 0.3 is 5.97 Å². The Hall–Kier alpha value is -2.31. The second kappa shape index (κ2) is 8.15. The first-order valence-electron chi connectivity index (χ1n) is 8.68. The van der Waals surface area contributed by atoms with Crippen molar-refractivity contribution in [1.29, 1.82) is 0 Å². The number of halogens is 1. The fourth-order valence-electron chi connectivity index (χ4n) is 2.78. The Morgan fingerprint density at radius 2 is 1.89 bits per heavy atom. The number of hydrogen-bond donors (Lipinski definition) is 1. The number of rotatable bonds is 7. The van der Waals surface area contributed by atoms with Gasteiger partial charge in [-0.15, -0.1) is 0 Å². The zero-order chi connectivity index (χ0) is 19.4. The third kappa shape index (κ3) is 4.34. The first-order chi connectivity index (χ1) is 12.9. The van der Waals surface area contributed by atoms with E-state index < -0.39 is 21.2 Å². The molecule has 27 heavy (non-hydrogen) atoms. The van der Waals surface area contributed by atoms with Crippen LogP contribution >= 0.6 is 11.6 Å². The van der Waals surface area contributed by atoms with Gasteiger partial charge in [0.15, 0.2) is 0 Å². The molecule has 3 rings (SSSR count). The Bertz CT molecular complexity index is 1040. The van der Waals surface area contributed by atoms with E-state index >= 15 is 0 Å². The van der Waals surface area contributed by atoms with E-state index in [0.29, 0.717) is 22.7 Å². The van der Waals surface area contributed by atoms with E-state index in [2.05, 4.69) is 4.98 Å². The molecule has 0 fully saturated rings. The molecule has 0 saturated heterocycles. The molecule has 0 aliphatic heterocycles. The van der Waals surface area contributed by atoms with Crippen molar-refractivity contribution in [2.75, 3.05) is 0 Å². The van der Waals surface area contributed by atoms with Crippen molar-refractivity contribution in [2.45, 2.75) is 36.5 Å². The lowest BCUT2D eigenvalue weighted by Crippen LogP contribution is -2.21. The molecule has 142 valence electrons. The maximum atomic E-state index is 13.2. The Kier molecular flexibility index (Phi) is 5.87. The quantitative estimate of drug-likeness (QED) is 0.559. The second-order valence-electron chi connectivity index (χ2n) is 6.24. The highest BCUT2D eigenvalue weighted by Crippen LogP contribution is 2.32. The molecule has 5 nitrogen and oxygen atoms in total. The van der Waals surface area contributed by atoms with Gasteiger partial charge in [0, 0.05) is 22.3 Å². The van der Waals surface area contributed by atoms with E-state index in [1.165, 1.54) is 12.1 Å². The molecule has 1 aromatic heterocycles. The van der Waals surface area contributed by atoms with Crippen molar-refractivity contribution >= 4 is 38.3 Å². The average molecular weight is 406 g/mol. The second-order valence-corrected chi connectivity index (χ2v) is 8.67. The number of benzene rings is 2. The molecule has 0 amide bonds. The zero-order valence-corrected chi connectivity index (χ0v) is 16.4. The molecule has 1 heterocycles. The number of sulfone groups is 1. The van der Waals surface area contributed by atoms with Crippen molar-refractivity contribution in [3.63, 3.8) is 0 Å². The van der Waals surface area contributed by atoms with Crippen molar-refractivity contribution in [3.05, 3.63) is 65.3 Å². The van der Waals surface area contributed by atoms with Crippen molar-refractivity contribution in [3.8, 4) is 0 Å². The number of aromatic amines is 1. The predicted octanol–water partition coefficient (Wildman–Crippen LogP) is 5.03. The fourth-order valence-corrected chi connectivity index (χ4v) is 4.44. The number of H-pyrrole nitrogens is 1. The summed E-state index contributed by atoms with van der Waals surface area (Å²) in [6.45, 7) is 1.95. The highest BCUT2D eigenvalue weighted by molar-refractivity contribution is 7.91.